The summed E-state index contributed by atoms with van der Waals surface area (Å²) < 4.78 is 2.68. The van der Waals surface area contributed by atoms with Crippen molar-refractivity contribution in [1.29, 1.82) is 0 Å². The van der Waals surface area contributed by atoms with E-state index in [0.717, 1.165) is 18.9 Å². The standard InChI is InChI=1S/C25H34N6O6/c1-4-17(5-2)13-27-21(32)15-31-12-8-10-19(25(31)37)29-23(35)18(9-6-7-11-22(33)34)28-24(36)20-14-26-16-30(20)3/h7-8,10-12,14,16-18H,4-6,9,13,15H2,1-3H3,(H,27,32)(H,28,36)(H,29,35)(H,33,34). The van der Waals surface area contributed by atoms with Crippen LogP contribution in [0.5, 0.6) is 0 Å². The van der Waals surface area contributed by atoms with Crippen molar-refractivity contribution in [2.45, 2.75) is 52.1 Å². The monoisotopic (exact) mass is 514 g/mol. The van der Waals surface area contributed by atoms with E-state index in [0.29, 0.717) is 12.5 Å². The fourth-order valence-corrected chi connectivity index (χ4v) is 3.55. The van der Waals surface area contributed by atoms with Gasteiger partial charge in [0.05, 0.1) is 12.5 Å². The molecule has 2 aromatic heterocycles. The fraction of sp³-hybridized carbons (Fsp3) is 0.440. The van der Waals surface area contributed by atoms with Crippen LogP contribution in [0.25, 0.3) is 0 Å². The van der Waals surface area contributed by atoms with Crippen molar-refractivity contribution < 1.29 is 24.3 Å². The summed E-state index contributed by atoms with van der Waals surface area (Å²) in [6, 6.07) is 1.87. The zero-order valence-electron chi connectivity index (χ0n) is 21.3. The Hall–Kier alpha value is -4.22. The second-order valence-electron chi connectivity index (χ2n) is 8.56. The van der Waals surface area contributed by atoms with Crippen LogP contribution in [0.2, 0.25) is 0 Å². The number of aromatic nitrogens is 3. The largest absolute Gasteiger partial charge is 0.478 e. The third kappa shape index (κ3) is 9.06. The lowest BCUT2D eigenvalue weighted by molar-refractivity contribution is -0.131. The molecule has 0 saturated carbocycles. The van der Waals surface area contributed by atoms with Crippen molar-refractivity contribution in [3.63, 3.8) is 0 Å². The van der Waals surface area contributed by atoms with Gasteiger partial charge in [0.15, 0.2) is 0 Å². The molecule has 2 heterocycles. The fourth-order valence-electron chi connectivity index (χ4n) is 3.55. The summed E-state index contributed by atoms with van der Waals surface area (Å²) in [5, 5.41) is 16.7. The predicted molar refractivity (Wildman–Crippen MR) is 137 cm³/mol. The second kappa shape index (κ2) is 14.4. The number of carbonyl (C=O) groups excluding carboxylic acids is 3. The minimum Gasteiger partial charge on any atom is -0.478 e. The third-order valence-electron chi connectivity index (χ3n) is 5.89. The van der Waals surface area contributed by atoms with Crippen LogP contribution in [0.4, 0.5) is 5.69 Å². The van der Waals surface area contributed by atoms with Crippen LogP contribution in [0.3, 0.4) is 0 Å². The number of hydrogen-bond acceptors (Lipinski definition) is 6. The molecule has 0 aliphatic heterocycles. The lowest BCUT2D eigenvalue weighted by atomic mass is 10.0. The lowest BCUT2D eigenvalue weighted by Gasteiger charge is -2.18. The molecule has 0 aliphatic carbocycles. The number of nitrogens with zero attached hydrogens (tertiary/aromatic N) is 3. The van der Waals surface area contributed by atoms with Gasteiger partial charge < -0.3 is 30.2 Å². The second-order valence-corrected chi connectivity index (χ2v) is 8.56. The molecule has 12 heteroatoms. The van der Waals surface area contributed by atoms with Gasteiger partial charge in [0.2, 0.25) is 11.8 Å². The third-order valence-corrected chi connectivity index (χ3v) is 5.89. The molecule has 12 nitrogen and oxygen atoms in total. The number of nitrogens with one attached hydrogen (secondary N) is 3. The summed E-state index contributed by atoms with van der Waals surface area (Å²) in [5.74, 6) is -2.30. The maximum atomic E-state index is 13.0. The van der Waals surface area contributed by atoms with Crippen molar-refractivity contribution in [2.75, 3.05) is 11.9 Å². The molecule has 1 unspecified atom stereocenters. The predicted octanol–water partition coefficient (Wildman–Crippen LogP) is 1.29. The number of anilines is 1. The summed E-state index contributed by atoms with van der Waals surface area (Å²) in [6.45, 7) is 4.41. The maximum absolute atomic E-state index is 13.0. The van der Waals surface area contributed by atoms with Crippen LogP contribution in [0.1, 0.15) is 50.0 Å². The molecule has 37 heavy (non-hydrogen) atoms. The Morgan fingerprint density at radius 2 is 1.92 bits per heavy atom. The Morgan fingerprint density at radius 3 is 2.54 bits per heavy atom. The van der Waals surface area contributed by atoms with Crippen molar-refractivity contribution >= 4 is 29.4 Å². The average Bonchev–Trinajstić information content (AvgIpc) is 3.29. The van der Waals surface area contributed by atoms with Gasteiger partial charge in [-0.2, -0.15) is 0 Å². The zero-order valence-corrected chi connectivity index (χ0v) is 21.3. The Labute approximate surface area is 214 Å². The van der Waals surface area contributed by atoms with Crippen LogP contribution in [0, 0.1) is 5.92 Å². The first-order valence-electron chi connectivity index (χ1n) is 12.1. The van der Waals surface area contributed by atoms with E-state index >= 15 is 0 Å². The molecule has 2 rings (SSSR count). The molecule has 0 radical (unpaired) electrons. The molecular formula is C25H34N6O6. The van der Waals surface area contributed by atoms with Gasteiger partial charge in [-0.15, -0.1) is 0 Å². The minimum absolute atomic E-state index is 0.0545. The Kier molecular flexibility index (Phi) is 11.3. The van der Waals surface area contributed by atoms with Gasteiger partial charge in [-0.3, -0.25) is 19.2 Å². The molecule has 0 aliphatic rings. The number of carbonyl (C=O) groups is 4. The number of imidazole rings is 1. The molecule has 0 bridgehead atoms. The van der Waals surface area contributed by atoms with Gasteiger partial charge in [0.1, 0.15) is 24.0 Å². The van der Waals surface area contributed by atoms with Gasteiger partial charge in [0.25, 0.3) is 11.5 Å². The van der Waals surface area contributed by atoms with E-state index in [-0.39, 0.29) is 36.7 Å². The first-order valence-corrected chi connectivity index (χ1v) is 12.1. The number of carboxylic acid groups (broad SMARTS) is 1. The highest BCUT2D eigenvalue weighted by atomic mass is 16.4. The molecule has 1 atom stereocenters. The van der Waals surface area contributed by atoms with E-state index in [1.165, 1.54) is 46.1 Å². The molecule has 0 aromatic carbocycles. The van der Waals surface area contributed by atoms with E-state index in [2.05, 4.69) is 20.9 Å². The highest BCUT2D eigenvalue weighted by Crippen LogP contribution is 2.08. The number of rotatable bonds is 14. The first kappa shape index (κ1) is 29.0. The SMILES string of the molecule is CCC(CC)CNC(=O)Cn1cccc(NC(=O)C(CCC=CC(=O)O)NC(=O)c2cncn2C)c1=O. The van der Waals surface area contributed by atoms with Crippen molar-refractivity contribution in [3.05, 3.63) is 59.1 Å². The summed E-state index contributed by atoms with van der Waals surface area (Å²) in [6.07, 6.45) is 8.69. The lowest BCUT2D eigenvalue weighted by Crippen LogP contribution is -2.45. The molecule has 3 amide bonds. The number of carboxylic acids is 1. The summed E-state index contributed by atoms with van der Waals surface area (Å²) in [7, 11) is 1.62. The van der Waals surface area contributed by atoms with Gasteiger partial charge in [-0.05, 0) is 30.9 Å². The maximum Gasteiger partial charge on any atom is 0.327 e. The summed E-state index contributed by atoms with van der Waals surface area (Å²) >= 11 is 0. The van der Waals surface area contributed by atoms with Gasteiger partial charge >= 0.3 is 5.97 Å². The molecule has 0 fully saturated rings. The Bertz CT molecular complexity index is 1180. The van der Waals surface area contributed by atoms with Crippen LogP contribution in [0.15, 0.2) is 47.8 Å². The molecule has 2 aromatic rings. The average molecular weight is 515 g/mol. The normalized spacial score (nSPS) is 11.9. The van der Waals surface area contributed by atoms with Crippen LogP contribution < -0.4 is 21.5 Å². The minimum atomic E-state index is -1.13. The van der Waals surface area contributed by atoms with Crippen LogP contribution in [-0.4, -0.2) is 55.5 Å². The van der Waals surface area contributed by atoms with Crippen molar-refractivity contribution in [2.24, 2.45) is 13.0 Å². The molecular weight excluding hydrogens is 480 g/mol. The summed E-state index contributed by atoms with van der Waals surface area (Å²) in [5.41, 5.74) is -0.405. The first-order chi connectivity index (χ1) is 17.7. The topological polar surface area (TPSA) is 164 Å². The van der Waals surface area contributed by atoms with E-state index in [1.54, 1.807) is 7.05 Å². The summed E-state index contributed by atoms with van der Waals surface area (Å²) in [4.78, 5) is 65.5. The molecule has 0 spiro atoms. The van der Waals surface area contributed by atoms with Crippen LogP contribution in [-0.2, 0) is 28.0 Å². The van der Waals surface area contributed by atoms with Crippen molar-refractivity contribution in [1.82, 2.24) is 24.8 Å². The van der Waals surface area contributed by atoms with E-state index < -0.39 is 29.4 Å². The smallest absolute Gasteiger partial charge is 0.327 e. The van der Waals surface area contributed by atoms with E-state index in [1.807, 2.05) is 13.8 Å². The molecule has 4 N–H and O–H groups in total. The van der Waals surface area contributed by atoms with E-state index in [4.69, 9.17) is 5.11 Å². The highest BCUT2D eigenvalue weighted by molar-refractivity contribution is 6.00. The highest BCUT2D eigenvalue weighted by Gasteiger charge is 2.23. The van der Waals surface area contributed by atoms with Crippen molar-refractivity contribution in [3.8, 4) is 0 Å². The van der Waals surface area contributed by atoms with Gasteiger partial charge in [-0.1, -0.05) is 32.8 Å². The number of hydrogen-bond donors (Lipinski definition) is 4. The number of allylic oxidation sites excluding steroid dienone is 1. The van der Waals surface area contributed by atoms with Gasteiger partial charge in [0, 0.05) is 25.9 Å². The Balaban J connectivity index is 2.13. The zero-order chi connectivity index (χ0) is 27.4. The number of amides is 3. The number of pyridine rings is 1. The number of aryl methyl sites for hydroxylation is 1. The molecule has 0 saturated heterocycles. The van der Waals surface area contributed by atoms with Crippen LogP contribution >= 0.6 is 0 Å². The van der Waals surface area contributed by atoms with E-state index in [9.17, 15) is 24.0 Å². The number of aliphatic carboxylic acids is 1. The van der Waals surface area contributed by atoms with Gasteiger partial charge in [-0.25, -0.2) is 9.78 Å². The molecule has 200 valence electrons. The Morgan fingerprint density at radius 1 is 1.19 bits per heavy atom. The quantitative estimate of drug-likeness (QED) is 0.276.